The van der Waals surface area contributed by atoms with E-state index in [0.717, 1.165) is 25.9 Å². The molecule has 0 N–H and O–H groups in total. The van der Waals surface area contributed by atoms with Crippen LogP contribution in [0, 0.1) is 18.4 Å². The predicted molar refractivity (Wildman–Crippen MR) is 64.5 cm³/mol. The third-order valence-corrected chi connectivity index (χ3v) is 3.62. The summed E-state index contributed by atoms with van der Waals surface area (Å²) in [4.78, 5) is 2.10. The van der Waals surface area contributed by atoms with Gasteiger partial charge in [-0.1, -0.05) is 30.3 Å². The van der Waals surface area contributed by atoms with Crippen molar-refractivity contribution in [1.82, 2.24) is 4.90 Å². The molecule has 0 aliphatic carbocycles. The highest BCUT2D eigenvalue weighted by atomic mass is 15.1. The molecule has 1 aliphatic rings. The highest BCUT2D eigenvalue weighted by Gasteiger charge is 2.33. The van der Waals surface area contributed by atoms with Crippen molar-refractivity contribution in [1.29, 1.82) is 5.26 Å². The first-order chi connectivity index (χ1) is 7.77. The smallest absolute Gasteiger partial charge is 0.0631 e. The number of hydrogen-bond donors (Lipinski definition) is 0. The maximum atomic E-state index is 9.03. The third-order valence-electron chi connectivity index (χ3n) is 3.62. The lowest BCUT2D eigenvalue weighted by atomic mass is 9.71. The molecular weight excluding hydrogens is 196 g/mol. The minimum absolute atomic E-state index is 0.0597. The van der Waals surface area contributed by atoms with E-state index in [9.17, 15) is 0 Å². The predicted octanol–water partition coefficient (Wildman–Crippen LogP) is 2.73. The first-order valence-corrected chi connectivity index (χ1v) is 5.75. The Hall–Kier alpha value is -1.33. The Morgan fingerprint density at radius 1 is 1.25 bits per heavy atom. The van der Waals surface area contributed by atoms with Gasteiger partial charge in [0.25, 0.3) is 0 Å². The highest BCUT2D eigenvalue weighted by molar-refractivity contribution is 5.27. The van der Waals surface area contributed by atoms with Crippen molar-refractivity contribution in [2.45, 2.75) is 24.7 Å². The van der Waals surface area contributed by atoms with E-state index in [-0.39, 0.29) is 5.41 Å². The maximum absolute atomic E-state index is 9.03. The summed E-state index contributed by atoms with van der Waals surface area (Å²) in [7, 11) is 3.97. The normalized spacial score (nSPS) is 20.2. The van der Waals surface area contributed by atoms with E-state index in [0.29, 0.717) is 6.42 Å². The molecule has 1 aromatic rings. The van der Waals surface area contributed by atoms with Gasteiger partial charge in [-0.25, -0.2) is 0 Å². The minimum atomic E-state index is 0.0597. The quantitative estimate of drug-likeness (QED) is 0.706. The van der Waals surface area contributed by atoms with E-state index in [4.69, 9.17) is 5.26 Å². The lowest BCUT2D eigenvalue weighted by molar-refractivity contribution is 0.206. The summed E-state index contributed by atoms with van der Waals surface area (Å²) >= 11 is 0. The van der Waals surface area contributed by atoms with Crippen LogP contribution >= 0.6 is 0 Å². The number of hydrogen-bond acceptors (Lipinski definition) is 2. The summed E-state index contributed by atoms with van der Waals surface area (Å²) in [6.07, 6.45) is 2.69. The van der Waals surface area contributed by atoms with Crippen LogP contribution in [0.2, 0.25) is 0 Å². The second-order valence-electron chi connectivity index (χ2n) is 4.60. The van der Waals surface area contributed by atoms with Gasteiger partial charge in [0.15, 0.2) is 0 Å². The number of piperidine rings is 1. The van der Waals surface area contributed by atoms with Gasteiger partial charge in [0, 0.05) is 11.8 Å². The van der Waals surface area contributed by atoms with Crippen molar-refractivity contribution >= 4 is 0 Å². The summed E-state index contributed by atoms with van der Waals surface area (Å²) in [5.41, 5.74) is 1.37. The average molecular weight is 213 g/mol. The summed E-state index contributed by atoms with van der Waals surface area (Å²) in [5, 5.41) is 9.03. The van der Waals surface area contributed by atoms with Crippen LogP contribution in [0.4, 0.5) is 0 Å². The fourth-order valence-corrected chi connectivity index (χ4v) is 2.49. The molecule has 0 atom stereocenters. The molecule has 1 aliphatic heterocycles. The molecule has 2 rings (SSSR count). The largest absolute Gasteiger partial charge is 0.459 e. The number of rotatable bonds is 2. The zero-order valence-electron chi connectivity index (χ0n) is 9.52. The zero-order valence-corrected chi connectivity index (χ0v) is 9.52. The van der Waals surface area contributed by atoms with Crippen LogP contribution in [0.1, 0.15) is 24.8 Å². The molecule has 0 aromatic heterocycles. The molecule has 0 bridgehead atoms. The van der Waals surface area contributed by atoms with Crippen LogP contribution in [0.15, 0.2) is 30.3 Å². The second-order valence-corrected chi connectivity index (χ2v) is 4.60. The molecule has 1 aromatic carbocycles. The van der Waals surface area contributed by atoms with Crippen LogP contribution in [0.5, 0.6) is 0 Å². The number of benzene rings is 1. The van der Waals surface area contributed by atoms with Gasteiger partial charge in [0.1, 0.15) is 0 Å². The molecule has 0 radical (unpaired) electrons. The number of nitrogens with zero attached hydrogens (tertiary/aromatic N) is 2. The monoisotopic (exact) mass is 213 g/mol. The van der Waals surface area contributed by atoms with Gasteiger partial charge in [-0.15, -0.1) is 0 Å². The van der Waals surface area contributed by atoms with E-state index >= 15 is 0 Å². The van der Waals surface area contributed by atoms with E-state index in [1.54, 1.807) is 0 Å². The minimum Gasteiger partial charge on any atom is -0.459 e. The Balaban J connectivity index is 2.27. The zero-order chi connectivity index (χ0) is 11.4. The Kier molecular flexibility index (Phi) is 3.26. The van der Waals surface area contributed by atoms with E-state index in [2.05, 4.69) is 42.3 Å². The summed E-state index contributed by atoms with van der Waals surface area (Å²) in [6.45, 7) is 1.97. The van der Waals surface area contributed by atoms with Gasteiger partial charge in [-0.2, -0.15) is 5.26 Å². The third kappa shape index (κ3) is 2.10. The van der Waals surface area contributed by atoms with Crippen molar-refractivity contribution in [2.75, 3.05) is 13.1 Å². The Morgan fingerprint density at radius 2 is 1.88 bits per heavy atom. The van der Waals surface area contributed by atoms with Gasteiger partial charge in [-0.3, -0.25) is 7.05 Å². The van der Waals surface area contributed by atoms with Gasteiger partial charge in [-0.05, 0) is 31.5 Å². The molecule has 0 unspecified atom stereocenters. The maximum Gasteiger partial charge on any atom is 0.0631 e. The molecule has 1 heterocycles. The highest BCUT2D eigenvalue weighted by Crippen LogP contribution is 2.38. The van der Waals surface area contributed by atoms with Crippen molar-refractivity contribution in [3.05, 3.63) is 42.9 Å². The molecule has 84 valence electrons. The Morgan fingerprint density at radius 3 is 2.44 bits per heavy atom. The standard InChI is InChI=1S/C14H17N2/c1-16-11-8-14(7-10-15,9-12-16)13-5-3-2-4-6-13/h2-6H,1,7-9,11-12H2/q-1. The lowest BCUT2D eigenvalue weighted by Gasteiger charge is -2.43. The van der Waals surface area contributed by atoms with E-state index in [1.807, 2.05) is 6.07 Å². The molecule has 16 heavy (non-hydrogen) atoms. The van der Waals surface area contributed by atoms with Crippen LogP contribution in [0.3, 0.4) is 0 Å². The number of likely N-dealkylation sites (tertiary alicyclic amines) is 1. The fourth-order valence-electron chi connectivity index (χ4n) is 2.49. The molecular formula is C14H17N2-. The number of nitriles is 1. The van der Waals surface area contributed by atoms with Crippen molar-refractivity contribution in [3.63, 3.8) is 0 Å². The van der Waals surface area contributed by atoms with Gasteiger partial charge in [0.2, 0.25) is 0 Å². The van der Waals surface area contributed by atoms with Crippen LogP contribution < -0.4 is 0 Å². The van der Waals surface area contributed by atoms with Crippen molar-refractivity contribution in [2.24, 2.45) is 0 Å². The Bertz CT molecular complexity index is 369. The van der Waals surface area contributed by atoms with Crippen molar-refractivity contribution < 1.29 is 0 Å². The summed E-state index contributed by atoms with van der Waals surface area (Å²) < 4.78 is 0. The van der Waals surface area contributed by atoms with Gasteiger partial charge in [0.05, 0.1) is 6.07 Å². The van der Waals surface area contributed by atoms with Gasteiger partial charge < -0.3 is 4.90 Å². The topological polar surface area (TPSA) is 27.0 Å². The SMILES string of the molecule is [CH2-]N1CCC(CC#N)(c2ccccc2)CC1. The lowest BCUT2D eigenvalue weighted by Crippen LogP contribution is -2.39. The van der Waals surface area contributed by atoms with Crippen LogP contribution in [-0.2, 0) is 5.41 Å². The average Bonchev–Trinajstić information content (AvgIpc) is 2.34. The van der Waals surface area contributed by atoms with E-state index in [1.165, 1.54) is 5.56 Å². The molecule has 1 saturated heterocycles. The molecule has 0 amide bonds. The van der Waals surface area contributed by atoms with E-state index < -0.39 is 0 Å². The summed E-state index contributed by atoms with van der Waals surface area (Å²) in [5.74, 6) is 0. The Labute approximate surface area is 97.5 Å². The first kappa shape index (κ1) is 11.2. The van der Waals surface area contributed by atoms with Gasteiger partial charge >= 0.3 is 0 Å². The molecule has 1 fully saturated rings. The van der Waals surface area contributed by atoms with Crippen LogP contribution in [-0.4, -0.2) is 18.0 Å². The van der Waals surface area contributed by atoms with Crippen molar-refractivity contribution in [3.8, 4) is 6.07 Å². The summed E-state index contributed by atoms with van der Waals surface area (Å²) in [6, 6.07) is 12.8. The fraction of sp³-hybridized carbons (Fsp3) is 0.429. The molecule has 2 heteroatoms. The molecule has 0 saturated carbocycles. The molecule has 0 spiro atoms. The molecule has 2 nitrogen and oxygen atoms in total. The first-order valence-electron chi connectivity index (χ1n) is 5.75. The second kappa shape index (κ2) is 4.67. The van der Waals surface area contributed by atoms with Crippen LogP contribution in [0.25, 0.3) is 0 Å².